The van der Waals surface area contributed by atoms with E-state index in [4.69, 9.17) is 5.73 Å². The Morgan fingerprint density at radius 3 is 2.80 bits per heavy atom. The number of nitrogens with zero attached hydrogens (tertiary/aromatic N) is 2. The zero-order valence-corrected chi connectivity index (χ0v) is 13.4. The number of rotatable bonds is 4. The molecule has 1 saturated heterocycles. The Labute approximate surface area is 123 Å². The van der Waals surface area contributed by atoms with Crippen LogP contribution in [0.3, 0.4) is 0 Å². The summed E-state index contributed by atoms with van der Waals surface area (Å²) < 4.78 is 0. The monoisotopic (exact) mass is 275 g/mol. The van der Waals surface area contributed by atoms with Gasteiger partial charge in [-0.05, 0) is 58.5 Å². The molecule has 1 aliphatic rings. The SMILES string of the molecule is Cc1ccc(C)c(C(CN)N(C)C2CCCN(C)C2)c1. The van der Waals surface area contributed by atoms with Crippen LogP contribution in [0, 0.1) is 13.8 Å². The molecule has 0 bridgehead atoms. The van der Waals surface area contributed by atoms with Crippen LogP contribution < -0.4 is 5.73 Å². The zero-order chi connectivity index (χ0) is 14.7. The molecule has 1 aromatic rings. The highest BCUT2D eigenvalue weighted by Gasteiger charge is 2.27. The second-order valence-corrected chi connectivity index (χ2v) is 6.34. The lowest BCUT2D eigenvalue weighted by atomic mass is 9.95. The zero-order valence-electron chi connectivity index (χ0n) is 13.4. The Morgan fingerprint density at radius 2 is 2.15 bits per heavy atom. The Balaban J connectivity index is 2.20. The van der Waals surface area contributed by atoms with Crippen LogP contribution in [-0.2, 0) is 0 Å². The Morgan fingerprint density at radius 1 is 1.40 bits per heavy atom. The van der Waals surface area contributed by atoms with Crippen molar-refractivity contribution >= 4 is 0 Å². The summed E-state index contributed by atoms with van der Waals surface area (Å²) in [6, 6.07) is 7.64. The fourth-order valence-electron chi connectivity index (χ4n) is 3.36. The molecule has 2 atom stereocenters. The van der Waals surface area contributed by atoms with Gasteiger partial charge in [-0.1, -0.05) is 23.8 Å². The van der Waals surface area contributed by atoms with E-state index in [-0.39, 0.29) is 0 Å². The number of hydrogen-bond acceptors (Lipinski definition) is 3. The third-order valence-corrected chi connectivity index (χ3v) is 4.68. The number of aryl methyl sites for hydroxylation is 2. The van der Waals surface area contributed by atoms with Crippen LogP contribution in [-0.4, -0.2) is 49.6 Å². The van der Waals surface area contributed by atoms with Gasteiger partial charge in [-0.3, -0.25) is 4.90 Å². The predicted molar refractivity (Wildman–Crippen MR) is 86.0 cm³/mol. The van der Waals surface area contributed by atoms with Crippen molar-refractivity contribution in [3.8, 4) is 0 Å². The topological polar surface area (TPSA) is 32.5 Å². The second kappa shape index (κ2) is 6.70. The lowest BCUT2D eigenvalue weighted by molar-refractivity contribution is 0.101. The normalized spacial score (nSPS) is 22.2. The average Bonchev–Trinajstić information content (AvgIpc) is 2.43. The van der Waals surface area contributed by atoms with Crippen molar-refractivity contribution in [2.75, 3.05) is 33.7 Å². The van der Waals surface area contributed by atoms with Crippen molar-refractivity contribution in [3.05, 3.63) is 34.9 Å². The van der Waals surface area contributed by atoms with Crippen LogP contribution in [0.15, 0.2) is 18.2 Å². The molecule has 0 aliphatic carbocycles. The molecule has 2 rings (SSSR count). The van der Waals surface area contributed by atoms with E-state index in [1.807, 2.05) is 0 Å². The summed E-state index contributed by atoms with van der Waals surface area (Å²) in [5.41, 5.74) is 10.2. The molecule has 0 aromatic heterocycles. The minimum atomic E-state index is 0.325. The van der Waals surface area contributed by atoms with E-state index >= 15 is 0 Å². The molecule has 0 saturated carbocycles. The molecular formula is C17H29N3. The predicted octanol–water partition coefficient (Wildman–Crippen LogP) is 2.33. The van der Waals surface area contributed by atoms with E-state index in [0.717, 1.165) is 6.54 Å². The van der Waals surface area contributed by atoms with Crippen LogP contribution in [0.25, 0.3) is 0 Å². The number of hydrogen-bond donors (Lipinski definition) is 1. The minimum Gasteiger partial charge on any atom is -0.329 e. The van der Waals surface area contributed by atoms with E-state index in [2.05, 4.69) is 55.9 Å². The number of likely N-dealkylation sites (tertiary alicyclic amines) is 1. The lowest BCUT2D eigenvalue weighted by Crippen LogP contribution is -2.47. The van der Waals surface area contributed by atoms with Gasteiger partial charge in [-0.15, -0.1) is 0 Å². The summed E-state index contributed by atoms with van der Waals surface area (Å²) in [5.74, 6) is 0. The number of benzene rings is 1. The fourth-order valence-corrected chi connectivity index (χ4v) is 3.36. The largest absolute Gasteiger partial charge is 0.329 e. The molecule has 20 heavy (non-hydrogen) atoms. The molecule has 3 heteroatoms. The van der Waals surface area contributed by atoms with Crippen LogP contribution in [0.2, 0.25) is 0 Å². The highest BCUT2D eigenvalue weighted by Crippen LogP contribution is 2.27. The summed E-state index contributed by atoms with van der Waals surface area (Å²) in [5, 5.41) is 0. The van der Waals surface area contributed by atoms with E-state index < -0.39 is 0 Å². The van der Waals surface area contributed by atoms with Crippen molar-refractivity contribution in [2.24, 2.45) is 5.73 Å². The minimum absolute atomic E-state index is 0.325. The molecule has 112 valence electrons. The first-order valence-corrected chi connectivity index (χ1v) is 7.70. The third-order valence-electron chi connectivity index (χ3n) is 4.68. The maximum Gasteiger partial charge on any atom is 0.0473 e. The number of likely N-dealkylation sites (N-methyl/N-ethyl adjacent to an activating group) is 2. The van der Waals surface area contributed by atoms with Gasteiger partial charge in [0.1, 0.15) is 0 Å². The first kappa shape index (κ1) is 15.5. The number of piperidine rings is 1. The van der Waals surface area contributed by atoms with E-state index in [1.54, 1.807) is 0 Å². The van der Waals surface area contributed by atoms with Crippen LogP contribution in [0.1, 0.15) is 35.6 Å². The third kappa shape index (κ3) is 3.40. The van der Waals surface area contributed by atoms with Crippen molar-refractivity contribution in [1.29, 1.82) is 0 Å². The van der Waals surface area contributed by atoms with Gasteiger partial charge in [0.25, 0.3) is 0 Å². The quantitative estimate of drug-likeness (QED) is 0.915. The average molecular weight is 275 g/mol. The Bertz CT molecular complexity index is 444. The Hall–Kier alpha value is -0.900. The molecule has 0 radical (unpaired) electrons. The maximum absolute atomic E-state index is 6.11. The lowest BCUT2D eigenvalue weighted by Gasteiger charge is -2.40. The van der Waals surface area contributed by atoms with E-state index in [1.165, 1.54) is 36.1 Å². The maximum atomic E-state index is 6.11. The fraction of sp³-hybridized carbons (Fsp3) is 0.647. The molecule has 2 unspecified atom stereocenters. The van der Waals surface area contributed by atoms with Gasteiger partial charge in [0.15, 0.2) is 0 Å². The van der Waals surface area contributed by atoms with Crippen LogP contribution in [0.5, 0.6) is 0 Å². The molecule has 1 aliphatic heterocycles. The summed E-state index contributed by atoms with van der Waals surface area (Å²) in [7, 11) is 4.46. The molecule has 1 fully saturated rings. The van der Waals surface area contributed by atoms with Crippen molar-refractivity contribution in [1.82, 2.24) is 9.80 Å². The number of nitrogens with two attached hydrogens (primary N) is 1. The standard InChI is InChI=1S/C17H29N3/c1-13-7-8-14(2)16(10-13)17(11-18)20(4)15-6-5-9-19(3)12-15/h7-8,10,15,17H,5-6,9,11-12,18H2,1-4H3. The highest BCUT2D eigenvalue weighted by atomic mass is 15.2. The molecule has 0 amide bonds. The van der Waals surface area contributed by atoms with Crippen molar-refractivity contribution in [2.45, 2.75) is 38.8 Å². The van der Waals surface area contributed by atoms with E-state index in [9.17, 15) is 0 Å². The molecule has 0 spiro atoms. The molecule has 1 aromatic carbocycles. The van der Waals surface area contributed by atoms with Crippen LogP contribution in [0.4, 0.5) is 0 Å². The van der Waals surface area contributed by atoms with Gasteiger partial charge in [0, 0.05) is 25.2 Å². The van der Waals surface area contributed by atoms with Crippen LogP contribution >= 0.6 is 0 Å². The second-order valence-electron chi connectivity index (χ2n) is 6.34. The molecule has 2 N–H and O–H groups in total. The summed E-state index contributed by atoms with van der Waals surface area (Å²) in [6.45, 7) is 7.41. The first-order valence-electron chi connectivity index (χ1n) is 7.70. The van der Waals surface area contributed by atoms with Gasteiger partial charge in [0.2, 0.25) is 0 Å². The molecule has 1 heterocycles. The van der Waals surface area contributed by atoms with E-state index in [0.29, 0.717) is 18.6 Å². The summed E-state index contributed by atoms with van der Waals surface area (Å²) in [6.07, 6.45) is 2.57. The molecule has 3 nitrogen and oxygen atoms in total. The highest BCUT2D eigenvalue weighted by molar-refractivity contribution is 5.33. The Kier molecular flexibility index (Phi) is 5.19. The summed E-state index contributed by atoms with van der Waals surface area (Å²) in [4.78, 5) is 4.93. The van der Waals surface area contributed by atoms with Crippen molar-refractivity contribution < 1.29 is 0 Å². The first-order chi connectivity index (χ1) is 9.52. The smallest absolute Gasteiger partial charge is 0.0473 e. The van der Waals surface area contributed by atoms with Gasteiger partial charge in [-0.2, -0.15) is 0 Å². The summed E-state index contributed by atoms with van der Waals surface area (Å²) >= 11 is 0. The molecular weight excluding hydrogens is 246 g/mol. The van der Waals surface area contributed by atoms with Gasteiger partial charge >= 0.3 is 0 Å². The van der Waals surface area contributed by atoms with Gasteiger partial charge < -0.3 is 10.6 Å². The van der Waals surface area contributed by atoms with Gasteiger partial charge in [0.05, 0.1) is 0 Å². The van der Waals surface area contributed by atoms with Crippen molar-refractivity contribution in [3.63, 3.8) is 0 Å². The van der Waals surface area contributed by atoms with Gasteiger partial charge in [-0.25, -0.2) is 0 Å².